The molecule has 192 valence electrons. The number of nitrogens with two attached hydrogens (primary N) is 1. The average molecular weight is 495 g/mol. The Morgan fingerprint density at radius 2 is 1.57 bits per heavy atom. The average Bonchev–Trinajstić information content (AvgIpc) is 3.16. The monoisotopic (exact) mass is 494 g/mol. The number of nitrogens with one attached hydrogen (secondary N) is 1. The van der Waals surface area contributed by atoms with E-state index in [0.717, 1.165) is 55.7 Å². The van der Waals surface area contributed by atoms with Gasteiger partial charge in [-0.15, -0.1) is 0 Å². The van der Waals surface area contributed by atoms with Crippen LogP contribution in [-0.2, 0) is 19.3 Å². The van der Waals surface area contributed by atoms with Gasteiger partial charge in [-0.2, -0.15) is 0 Å². The van der Waals surface area contributed by atoms with Gasteiger partial charge in [-0.1, -0.05) is 56.3 Å². The highest BCUT2D eigenvalue weighted by molar-refractivity contribution is 5.99. The van der Waals surface area contributed by atoms with Crippen molar-refractivity contribution in [2.45, 2.75) is 76.9 Å². The number of hydrogen-bond acceptors (Lipinski definition) is 4. The first-order chi connectivity index (χ1) is 18.1. The summed E-state index contributed by atoms with van der Waals surface area (Å²) < 4.78 is 6.51. The summed E-state index contributed by atoms with van der Waals surface area (Å²) in [5.41, 5.74) is 13.1. The fourth-order valence-corrected chi connectivity index (χ4v) is 7.19. The molecule has 3 N–H and O–H groups in total. The van der Waals surface area contributed by atoms with Crippen molar-refractivity contribution in [2.24, 2.45) is 5.73 Å². The molecular formula is C32H38N4O. The van der Waals surface area contributed by atoms with E-state index in [-0.39, 0.29) is 5.84 Å². The number of piperidine rings is 1. The number of nitrogens with zero attached hydrogens (tertiary/aromatic N) is 2. The molecule has 3 aromatic carbocycles. The maximum absolute atomic E-state index is 8.25. The zero-order valence-corrected chi connectivity index (χ0v) is 22.0. The van der Waals surface area contributed by atoms with Crippen molar-refractivity contribution in [3.63, 3.8) is 0 Å². The van der Waals surface area contributed by atoms with Gasteiger partial charge in [0.2, 0.25) is 0 Å². The summed E-state index contributed by atoms with van der Waals surface area (Å²) in [6.45, 7) is 5.53. The molecule has 2 atom stereocenters. The SMILES string of the molecule is CCc1c(C(=N)N)cc2c(c1CC)N(C1CC3CCC(C1)N3CCc1ccccc1)c1ccccc1O2. The number of hydrogen-bond donors (Lipinski definition) is 2. The molecule has 6 rings (SSSR count). The molecule has 0 aromatic heterocycles. The minimum Gasteiger partial charge on any atom is -0.453 e. The lowest BCUT2D eigenvalue weighted by Gasteiger charge is -2.47. The van der Waals surface area contributed by atoms with Gasteiger partial charge in [0.1, 0.15) is 5.84 Å². The zero-order valence-electron chi connectivity index (χ0n) is 22.0. The number of anilines is 2. The lowest BCUT2D eigenvalue weighted by molar-refractivity contribution is 0.129. The molecule has 3 aromatic rings. The molecule has 3 aliphatic rings. The van der Waals surface area contributed by atoms with E-state index in [1.54, 1.807) is 0 Å². The van der Waals surface area contributed by atoms with Crippen LogP contribution in [-0.4, -0.2) is 35.4 Å². The highest BCUT2D eigenvalue weighted by Crippen LogP contribution is 2.53. The number of benzene rings is 3. The summed E-state index contributed by atoms with van der Waals surface area (Å²) in [5.74, 6) is 1.86. The van der Waals surface area contributed by atoms with Gasteiger partial charge in [0.15, 0.2) is 11.5 Å². The van der Waals surface area contributed by atoms with Crippen molar-refractivity contribution in [3.8, 4) is 11.5 Å². The van der Waals surface area contributed by atoms with Gasteiger partial charge in [0, 0.05) is 30.2 Å². The zero-order chi connectivity index (χ0) is 25.5. The van der Waals surface area contributed by atoms with E-state index in [1.165, 1.54) is 40.9 Å². The van der Waals surface area contributed by atoms with Crippen LogP contribution in [0.2, 0.25) is 0 Å². The van der Waals surface area contributed by atoms with E-state index in [9.17, 15) is 0 Å². The van der Waals surface area contributed by atoms with Gasteiger partial charge in [-0.3, -0.25) is 10.3 Å². The van der Waals surface area contributed by atoms with Crippen molar-refractivity contribution in [1.82, 2.24) is 4.90 Å². The number of fused-ring (bicyclic) bond motifs is 4. The highest BCUT2D eigenvalue weighted by Gasteiger charge is 2.44. The summed E-state index contributed by atoms with van der Waals surface area (Å²) >= 11 is 0. The smallest absolute Gasteiger partial charge is 0.152 e. The van der Waals surface area contributed by atoms with Crippen LogP contribution in [0.25, 0.3) is 0 Å². The molecule has 2 bridgehead atoms. The third kappa shape index (κ3) is 4.19. The summed E-state index contributed by atoms with van der Waals surface area (Å²) in [6, 6.07) is 23.1. The van der Waals surface area contributed by atoms with Crippen LogP contribution in [0.15, 0.2) is 60.7 Å². The third-order valence-electron chi connectivity index (χ3n) is 8.79. The van der Waals surface area contributed by atoms with Crippen molar-refractivity contribution in [2.75, 3.05) is 11.4 Å². The minimum absolute atomic E-state index is 0.119. The molecule has 2 saturated heterocycles. The Balaban J connectivity index is 1.36. The lowest BCUT2D eigenvalue weighted by atomic mass is 9.89. The number of rotatable bonds is 7. The maximum Gasteiger partial charge on any atom is 0.152 e. The second-order valence-corrected chi connectivity index (χ2v) is 10.8. The van der Waals surface area contributed by atoms with Gasteiger partial charge >= 0.3 is 0 Å². The molecule has 3 heterocycles. The highest BCUT2D eigenvalue weighted by atomic mass is 16.5. The first-order valence-electron chi connectivity index (χ1n) is 14.0. The predicted molar refractivity (Wildman–Crippen MR) is 152 cm³/mol. The molecular weight excluding hydrogens is 456 g/mol. The largest absolute Gasteiger partial charge is 0.453 e. The number of ether oxygens (including phenoxy) is 1. The van der Waals surface area contributed by atoms with E-state index >= 15 is 0 Å². The number of nitrogen functional groups attached to an aromatic ring is 1. The van der Waals surface area contributed by atoms with Crippen LogP contribution in [0.1, 0.15) is 61.8 Å². The van der Waals surface area contributed by atoms with Gasteiger partial charge in [-0.25, -0.2) is 0 Å². The normalized spacial score (nSPS) is 22.3. The second-order valence-electron chi connectivity index (χ2n) is 10.8. The molecule has 2 unspecified atom stereocenters. The Morgan fingerprint density at radius 3 is 2.24 bits per heavy atom. The fourth-order valence-electron chi connectivity index (χ4n) is 7.19. The molecule has 0 saturated carbocycles. The van der Waals surface area contributed by atoms with Gasteiger partial charge in [0.25, 0.3) is 0 Å². The third-order valence-corrected chi connectivity index (χ3v) is 8.79. The molecule has 37 heavy (non-hydrogen) atoms. The Hall–Kier alpha value is -3.31. The van der Waals surface area contributed by atoms with E-state index in [0.29, 0.717) is 18.1 Å². The van der Waals surface area contributed by atoms with E-state index in [4.69, 9.17) is 15.9 Å². The van der Waals surface area contributed by atoms with E-state index < -0.39 is 0 Å². The Kier molecular flexibility index (Phi) is 6.41. The molecule has 5 nitrogen and oxygen atoms in total. The Morgan fingerprint density at radius 1 is 0.892 bits per heavy atom. The van der Waals surface area contributed by atoms with Gasteiger partial charge < -0.3 is 15.4 Å². The first-order valence-corrected chi connectivity index (χ1v) is 14.0. The molecule has 0 spiro atoms. The lowest BCUT2D eigenvalue weighted by Crippen LogP contribution is -2.50. The van der Waals surface area contributed by atoms with E-state index in [2.05, 4.69) is 72.2 Å². The molecule has 0 aliphatic carbocycles. The summed E-state index contributed by atoms with van der Waals surface area (Å²) in [4.78, 5) is 5.41. The van der Waals surface area contributed by atoms with Crippen LogP contribution in [0, 0.1) is 5.41 Å². The molecule has 2 fully saturated rings. The summed E-state index contributed by atoms with van der Waals surface area (Å²) in [5, 5.41) is 8.25. The van der Waals surface area contributed by atoms with Crippen molar-refractivity contribution in [1.29, 1.82) is 5.41 Å². The first kappa shape index (κ1) is 24.1. The van der Waals surface area contributed by atoms with Crippen LogP contribution < -0.4 is 15.4 Å². The van der Waals surface area contributed by atoms with Crippen molar-refractivity contribution in [3.05, 3.63) is 82.9 Å². The molecule has 0 amide bonds. The van der Waals surface area contributed by atoms with Crippen molar-refractivity contribution < 1.29 is 4.74 Å². The molecule has 3 aliphatic heterocycles. The fraction of sp³-hybridized carbons (Fsp3) is 0.406. The van der Waals surface area contributed by atoms with Crippen LogP contribution in [0.3, 0.4) is 0 Å². The number of para-hydroxylation sites is 2. The van der Waals surface area contributed by atoms with Gasteiger partial charge in [0.05, 0.1) is 11.4 Å². The second kappa shape index (κ2) is 9.86. The molecule has 0 radical (unpaired) electrons. The minimum atomic E-state index is 0.119. The van der Waals surface area contributed by atoms with Gasteiger partial charge in [-0.05, 0) is 79.8 Å². The Labute approximate surface area is 220 Å². The summed E-state index contributed by atoms with van der Waals surface area (Å²) in [7, 11) is 0. The van der Waals surface area contributed by atoms with Crippen LogP contribution in [0.5, 0.6) is 11.5 Å². The Bertz CT molecular complexity index is 1290. The predicted octanol–water partition coefficient (Wildman–Crippen LogP) is 6.58. The van der Waals surface area contributed by atoms with Crippen LogP contribution in [0.4, 0.5) is 11.4 Å². The quantitative estimate of drug-likeness (QED) is 0.288. The molecule has 5 heteroatoms. The summed E-state index contributed by atoms with van der Waals surface area (Å²) in [6.07, 6.45) is 7.77. The van der Waals surface area contributed by atoms with Crippen LogP contribution >= 0.6 is 0 Å². The number of amidine groups is 1. The maximum atomic E-state index is 8.25. The van der Waals surface area contributed by atoms with Crippen molar-refractivity contribution >= 4 is 17.2 Å². The topological polar surface area (TPSA) is 65.6 Å². The van der Waals surface area contributed by atoms with E-state index in [1.807, 2.05) is 12.1 Å². The standard InChI is InChI=1S/C32H38N4O/c1-3-25-26(4-2)31-30(20-27(25)32(33)34)37-29-13-9-8-12-28(29)36(31)24-18-22-14-15-23(19-24)35(22)17-16-21-10-6-5-7-11-21/h5-13,20,22-24H,3-4,14-19H2,1-2H3,(H3,33,34).